The Balaban J connectivity index is 2.05. The van der Waals surface area contributed by atoms with Gasteiger partial charge in [-0.05, 0) is 42.9 Å². The Bertz CT molecular complexity index is 468. The molecule has 2 nitrogen and oxygen atoms in total. The summed E-state index contributed by atoms with van der Waals surface area (Å²) in [7, 11) is 1.93. The van der Waals surface area contributed by atoms with E-state index in [0.29, 0.717) is 0 Å². The molecule has 2 rings (SSSR count). The molecule has 88 valence electrons. The summed E-state index contributed by atoms with van der Waals surface area (Å²) in [5, 5.41) is 4.85. The summed E-state index contributed by atoms with van der Waals surface area (Å²) in [6.45, 7) is 0.846. The second-order valence-corrected chi connectivity index (χ2v) is 5.12. The van der Waals surface area contributed by atoms with Crippen LogP contribution in [0.15, 0.2) is 52.5 Å². The maximum absolute atomic E-state index is 5.84. The Morgan fingerprint density at radius 3 is 2.53 bits per heavy atom. The molecule has 2 aromatic rings. The first kappa shape index (κ1) is 12.4. The van der Waals surface area contributed by atoms with E-state index in [1.807, 2.05) is 43.6 Å². The van der Waals surface area contributed by atoms with Crippen molar-refractivity contribution in [2.24, 2.45) is 0 Å². The van der Waals surface area contributed by atoms with E-state index in [4.69, 9.17) is 11.6 Å². The maximum atomic E-state index is 5.84. The van der Waals surface area contributed by atoms with Gasteiger partial charge in [-0.3, -0.25) is 0 Å². The second kappa shape index (κ2) is 6.05. The molecule has 1 N–H and O–H groups in total. The minimum atomic E-state index is 0.756. The predicted octanol–water partition coefficient (Wildman–Crippen LogP) is 3.61. The molecule has 0 spiro atoms. The third-order valence-corrected chi connectivity index (χ3v) is 3.43. The quantitative estimate of drug-likeness (QED) is 0.913. The molecule has 1 aromatic carbocycles. The molecule has 0 saturated carbocycles. The molecule has 1 heterocycles. The van der Waals surface area contributed by atoms with Gasteiger partial charge in [-0.2, -0.15) is 0 Å². The zero-order valence-electron chi connectivity index (χ0n) is 9.48. The zero-order chi connectivity index (χ0) is 12.1. The SMILES string of the molecule is CNCc1ccc(Sc2ccc(Cl)cc2)nc1. The lowest BCUT2D eigenvalue weighted by molar-refractivity contribution is 0.809. The highest BCUT2D eigenvalue weighted by Crippen LogP contribution is 2.26. The lowest BCUT2D eigenvalue weighted by Gasteiger charge is -2.03. The van der Waals surface area contributed by atoms with Gasteiger partial charge in [-0.1, -0.05) is 29.4 Å². The lowest BCUT2D eigenvalue weighted by Crippen LogP contribution is -2.04. The number of nitrogens with one attached hydrogen (secondary N) is 1. The highest BCUT2D eigenvalue weighted by molar-refractivity contribution is 7.99. The summed E-state index contributed by atoms with van der Waals surface area (Å²) in [4.78, 5) is 5.55. The number of halogens is 1. The molecule has 17 heavy (non-hydrogen) atoms. The van der Waals surface area contributed by atoms with Crippen LogP contribution in [0.4, 0.5) is 0 Å². The van der Waals surface area contributed by atoms with Gasteiger partial charge in [0.25, 0.3) is 0 Å². The fourth-order valence-electron chi connectivity index (χ4n) is 1.40. The fourth-order valence-corrected chi connectivity index (χ4v) is 2.28. The van der Waals surface area contributed by atoms with Gasteiger partial charge in [0.15, 0.2) is 0 Å². The molecule has 0 aliphatic rings. The van der Waals surface area contributed by atoms with Crippen molar-refractivity contribution in [3.63, 3.8) is 0 Å². The van der Waals surface area contributed by atoms with E-state index in [9.17, 15) is 0 Å². The van der Waals surface area contributed by atoms with Crippen LogP contribution in [0.5, 0.6) is 0 Å². The summed E-state index contributed by atoms with van der Waals surface area (Å²) in [5.74, 6) is 0. The van der Waals surface area contributed by atoms with E-state index in [-0.39, 0.29) is 0 Å². The van der Waals surface area contributed by atoms with Crippen LogP contribution in [0.25, 0.3) is 0 Å². The van der Waals surface area contributed by atoms with Gasteiger partial charge < -0.3 is 5.32 Å². The van der Waals surface area contributed by atoms with E-state index in [0.717, 1.165) is 21.5 Å². The number of pyridine rings is 1. The fraction of sp³-hybridized carbons (Fsp3) is 0.154. The first-order valence-corrected chi connectivity index (χ1v) is 6.50. The summed E-state index contributed by atoms with van der Waals surface area (Å²) < 4.78 is 0. The van der Waals surface area contributed by atoms with E-state index < -0.39 is 0 Å². The molecule has 1 aromatic heterocycles. The molecule has 0 amide bonds. The third kappa shape index (κ3) is 3.73. The van der Waals surface area contributed by atoms with Crippen LogP contribution in [-0.2, 0) is 6.54 Å². The van der Waals surface area contributed by atoms with Crippen molar-refractivity contribution in [3.05, 3.63) is 53.2 Å². The van der Waals surface area contributed by atoms with Crippen molar-refractivity contribution in [1.82, 2.24) is 10.3 Å². The van der Waals surface area contributed by atoms with Gasteiger partial charge in [-0.25, -0.2) is 4.98 Å². The molecule has 0 saturated heterocycles. The molecular formula is C13H13ClN2S. The summed E-state index contributed by atoms with van der Waals surface area (Å²) in [6.07, 6.45) is 1.90. The Morgan fingerprint density at radius 1 is 1.18 bits per heavy atom. The molecular weight excluding hydrogens is 252 g/mol. The highest BCUT2D eigenvalue weighted by Gasteiger charge is 1.99. The van der Waals surface area contributed by atoms with Gasteiger partial charge in [0.2, 0.25) is 0 Å². The van der Waals surface area contributed by atoms with E-state index in [1.165, 1.54) is 5.56 Å². The lowest BCUT2D eigenvalue weighted by atomic mass is 10.3. The number of aromatic nitrogens is 1. The summed E-state index contributed by atoms with van der Waals surface area (Å²) in [5.41, 5.74) is 1.19. The minimum absolute atomic E-state index is 0.756. The third-order valence-electron chi connectivity index (χ3n) is 2.21. The van der Waals surface area contributed by atoms with Gasteiger partial charge in [0.1, 0.15) is 5.03 Å². The van der Waals surface area contributed by atoms with Gasteiger partial charge in [-0.15, -0.1) is 0 Å². The van der Waals surface area contributed by atoms with E-state index in [1.54, 1.807) is 11.8 Å². The minimum Gasteiger partial charge on any atom is -0.316 e. The normalized spacial score (nSPS) is 10.5. The standard InChI is InChI=1S/C13H13ClN2S/c1-15-8-10-2-7-13(16-9-10)17-12-5-3-11(14)4-6-12/h2-7,9,15H,8H2,1H3. The average molecular weight is 265 g/mol. The molecule has 0 atom stereocenters. The zero-order valence-corrected chi connectivity index (χ0v) is 11.1. The molecule has 0 radical (unpaired) electrons. The van der Waals surface area contributed by atoms with E-state index in [2.05, 4.69) is 16.4 Å². The van der Waals surface area contributed by atoms with Crippen LogP contribution in [-0.4, -0.2) is 12.0 Å². The van der Waals surface area contributed by atoms with Crippen molar-refractivity contribution in [1.29, 1.82) is 0 Å². The maximum Gasteiger partial charge on any atom is 0.101 e. The Labute approximate surface area is 110 Å². The van der Waals surface area contributed by atoms with Crippen LogP contribution >= 0.6 is 23.4 Å². The number of hydrogen-bond donors (Lipinski definition) is 1. The van der Waals surface area contributed by atoms with Crippen LogP contribution < -0.4 is 5.32 Å². The topological polar surface area (TPSA) is 24.9 Å². The molecule has 0 aliphatic carbocycles. The Kier molecular flexibility index (Phi) is 4.42. The van der Waals surface area contributed by atoms with Gasteiger partial charge in [0.05, 0.1) is 0 Å². The van der Waals surface area contributed by atoms with E-state index >= 15 is 0 Å². The monoisotopic (exact) mass is 264 g/mol. The number of nitrogens with zero attached hydrogens (tertiary/aromatic N) is 1. The second-order valence-electron chi connectivity index (χ2n) is 3.59. The Morgan fingerprint density at radius 2 is 1.94 bits per heavy atom. The first-order valence-electron chi connectivity index (χ1n) is 5.31. The molecule has 0 unspecified atom stereocenters. The Hall–Kier alpha value is -1.03. The first-order chi connectivity index (χ1) is 8.28. The van der Waals surface area contributed by atoms with Crippen molar-refractivity contribution < 1.29 is 0 Å². The van der Waals surface area contributed by atoms with Gasteiger partial charge >= 0.3 is 0 Å². The number of benzene rings is 1. The van der Waals surface area contributed by atoms with Crippen LogP contribution in [0.3, 0.4) is 0 Å². The number of rotatable bonds is 4. The smallest absolute Gasteiger partial charge is 0.101 e. The van der Waals surface area contributed by atoms with Crippen molar-refractivity contribution in [3.8, 4) is 0 Å². The predicted molar refractivity (Wildman–Crippen MR) is 72.6 cm³/mol. The van der Waals surface area contributed by atoms with Crippen LogP contribution in [0.1, 0.15) is 5.56 Å². The molecule has 0 aliphatic heterocycles. The molecule has 0 fully saturated rings. The number of hydrogen-bond acceptors (Lipinski definition) is 3. The van der Waals surface area contributed by atoms with Gasteiger partial charge in [0, 0.05) is 22.7 Å². The van der Waals surface area contributed by atoms with Crippen molar-refractivity contribution in [2.75, 3.05) is 7.05 Å². The average Bonchev–Trinajstić information content (AvgIpc) is 2.35. The molecule has 0 bridgehead atoms. The highest BCUT2D eigenvalue weighted by atomic mass is 35.5. The molecule has 4 heteroatoms. The van der Waals surface area contributed by atoms with Crippen molar-refractivity contribution in [2.45, 2.75) is 16.5 Å². The van der Waals surface area contributed by atoms with Crippen LogP contribution in [0.2, 0.25) is 5.02 Å². The summed E-state index contributed by atoms with van der Waals surface area (Å²) in [6, 6.07) is 11.9. The van der Waals surface area contributed by atoms with Crippen molar-refractivity contribution >= 4 is 23.4 Å². The van der Waals surface area contributed by atoms with Crippen LogP contribution in [0, 0.1) is 0 Å². The summed E-state index contributed by atoms with van der Waals surface area (Å²) >= 11 is 7.47. The largest absolute Gasteiger partial charge is 0.316 e.